The molecule has 6 nitrogen and oxygen atoms in total. The van der Waals surface area contributed by atoms with Crippen molar-refractivity contribution in [3.05, 3.63) is 28.7 Å². The second-order valence-corrected chi connectivity index (χ2v) is 8.70. The molecule has 1 saturated heterocycles. The number of hydrogen-bond acceptors (Lipinski definition) is 4. The number of rotatable bonds is 9. The van der Waals surface area contributed by atoms with Crippen molar-refractivity contribution in [2.45, 2.75) is 43.0 Å². The van der Waals surface area contributed by atoms with E-state index in [2.05, 4.69) is 25.6 Å². The number of nitrogens with one attached hydrogen (secondary N) is 1. The predicted octanol–water partition coefficient (Wildman–Crippen LogP) is 2.45. The van der Waals surface area contributed by atoms with Crippen molar-refractivity contribution in [2.24, 2.45) is 0 Å². The molecule has 1 aliphatic rings. The van der Waals surface area contributed by atoms with Crippen LogP contribution in [0.2, 0.25) is 0 Å². The van der Waals surface area contributed by atoms with E-state index in [1.807, 2.05) is 0 Å². The van der Waals surface area contributed by atoms with E-state index in [0.29, 0.717) is 13.0 Å². The molecule has 8 heteroatoms. The van der Waals surface area contributed by atoms with E-state index < -0.39 is 16.0 Å². The zero-order chi connectivity index (χ0) is 17.6. The van der Waals surface area contributed by atoms with Gasteiger partial charge in [0.15, 0.2) is 0 Å². The van der Waals surface area contributed by atoms with Gasteiger partial charge in [-0.2, -0.15) is 0 Å². The minimum atomic E-state index is -3.49. The van der Waals surface area contributed by atoms with E-state index in [9.17, 15) is 13.2 Å². The van der Waals surface area contributed by atoms with E-state index >= 15 is 0 Å². The summed E-state index contributed by atoms with van der Waals surface area (Å²) >= 11 is 3.30. The number of nitrogens with zero attached hydrogens (tertiary/aromatic N) is 1. The number of carboxylic acids is 1. The van der Waals surface area contributed by atoms with Gasteiger partial charge in [0.25, 0.3) is 0 Å². The van der Waals surface area contributed by atoms with Crippen molar-refractivity contribution >= 4 is 31.9 Å². The lowest BCUT2D eigenvalue weighted by Crippen LogP contribution is -2.37. The van der Waals surface area contributed by atoms with Crippen molar-refractivity contribution in [1.29, 1.82) is 0 Å². The number of hydrogen-bond donors (Lipinski definition) is 2. The summed E-state index contributed by atoms with van der Waals surface area (Å²) in [5.74, 6) is -0.751. The van der Waals surface area contributed by atoms with E-state index in [0.717, 1.165) is 36.8 Å². The van der Waals surface area contributed by atoms with E-state index in [4.69, 9.17) is 5.11 Å². The van der Waals surface area contributed by atoms with Crippen molar-refractivity contribution in [3.8, 4) is 0 Å². The molecule has 1 aliphatic heterocycles. The summed E-state index contributed by atoms with van der Waals surface area (Å²) < 4.78 is 28.4. The maximum atomic E-state index is 12.4. The minimum Gasteiger partial charge on any atom is -0.481 e. The summed E-state index contributed by atoms with van der Waals surface area (Å²) in [6.07, 6.45) is 3.54. The minimum absolute atomic E-state index is 0.0716. The Morgan fingerprint density at radius 3 is 2.62 bits per heavy atom. The first-order valence-corrected chi connectivity index (χ1v) is 10.4. The Morgan fingerprint density at radius 1 is 1.25 bits per heavy atom. The van der Waals surface area contributed by atoms with Gasteiger partial charge in [0.1, 0.15) is 0 Å². The highest BCUT2D eigenvalue weighted by molar-refractivity contribution is 9.10. The molecule has 0 spiro atoms. The number of halogens is 1. The lowest BCUT2D eigenvalue weighted by molar-refractivity contribution is -0.137. The van der Waals surface area contributed by atoms with Gasteiger partial charge in [-0.05, 0) is 56.6 Å². The second kappa shape index (κ2) is 8.94. The molecule has 1 fully saturated rings. The monoisotopic (exact) mass is 418 g/mol. The highest BCUT2D eigenvalue weighted by atomic mass is 79.9. The number of carboxylic acid groups (broad SMARTS) is 1. The van der Waals surface area contributed by atoms with Gasteiger partial charge in [0.2, 0.25) is 10.0 Å². The van der Waals surface area contributed by atoms with Crippen LogP contribution in [0.25, 0.3) is 0 Å². The Kier molecular flexibility index (Phi) is 7.21. The molecule has 24 heavy (non-hydrogen) atoms. The predicted molar refractivity (Wildman–Crippen MR) is 95.4 cm³/mol. The van der Waals surface area contributed by atoms with Crippen LogP contribution in [-0.2, 0) is 14.8 Å². The molecule has 0 bridgehead atoms. The van der Waals surface area contributed by atoms with Crippen LogP contribution in [0.5, 0.6) is 0 Å². The zero-order valence-electron chi connectivity index (χ0n) is 13.4. The van der Waals surface area contributed by atoms with Gasteiger partial charge in [0.05, 0.1) is 4.90 Å². The molecule has 0 aliphatic carbocycles. The first kappa shape index (κ1) is 19.4. The Balaban J connectivity index is 1.75. The molecule has 0 aromatic heterocycles. The van der Waals surface area contributed by atoms with Gasteiger partial charge < -0.3 is 10.0 Å². The Labute approximate surface area is 151 Å². The lowest BCUT2D eigenvalue weighted by atomic mass is 10.2. The van der Waals surface area contributed by atoms with Crippen molar-refractivity contribution in [3.63, 3.8) is 0 Å². The normalized spacial score (nSPS) is 18.8. The van der Waals surface area contributed by atoms with Gasteiger partial charge in [-0.15, -0.1) is 0 Å². The number of sulfonamides is 1. The molecule has 0 radical (unpaired) electrons. The highest BCUT2D eigenvalue weighted by Crippen LogP contribution is 2.17. The summed E-state index contributed by atoms with van der Waals surface area (Å²) in [4.78, 5) is 13.0. The van der Waals surface area contributed by atoms with Gasteiger partial charge in [-0.25, -0.2) is 13.1 Å². The van der Waals surface area contributed by atoms with Crippen molar-refractivity contribution in [2.75, 3.05) is 19.6 Å². The fourth-order valence-corrected chi connectivity index (χ4v) is 4.35. The largest absolute Gasteiger partial charge is 0.481 e. The quantitative estimate of drug-likeness (QED) is 0.601. The number of aliphatic carboxylic acids is 1. The van der Waals surface area contributed by atoms with Crippen molar-refractivity contribution in [1.82, 2.24) is 9.62 Å². The fraction of sp³-hybridized carbons (Fsp3) is 0.562. The van der Waals surface area contributed by atoms with Gasteiger partial charge in [0, 0.05) is 23.5 Å². The smallest absolute Gasteiger partial charge is 0.303 e. The molecule has 0 saturated carbocycles. The van der Waals surface area contributed by atoms with Gasteiger partial charge in [-0.1, -0.05) is 22.4 Å². The van der Waals surface area contributed by atoms with Crippen molar-refractivity contribution < 1.29 is 18.3 Å². The molecule has 1 atom stereocenters. The Bertz CT molecular complexity index is 649. The topological polar surface area (TPSA) is 86.7 Å². The SMILES string of the molecule is O=C(O)CCCCCN1CCC(NS(=O)(=O)c2ccc(Br)cc2)C1. The van der Waals surface area contributed by atoms with Crippen LogP contribution in [0.3, 0.4) is 0 Å². The number of unbranched alkanes of at least 4 members (excludes halogenated alkanes) is 2. The van der Waals surface area contributed by atoms with Crippen LogP contribution in [0, 0.1) is 0 Å². The number of likely N-dealkylation sites (tertiary alicyclic amines) is 1. The number of benzene rings is 1. The molecular formula is C16H23BrN2O4S. The Hall–Kier alpha value is -0.960. The van der Waals surface area contributed by atoms with Crippen LogP contribution in [0.15, 0.2) is 33.6 Å². The molecule has 1 unspecified atom stereocenters. The molecule has 0 amide bonds. The molecule has 1 heterocycles. The first-order valence-electron chi connectivity index (χ1n) is 8.09. The van der Waals surface area contributed by atoms with Gasteiger partial charge >= 0.3 is 5.97 Å². The van der Waals surface area contributed by atoms with Crippen LogP contribution in [0.4, 0.5) is 0 Å². The standard InChI is InChI=1S/C16H23BrN2O4S/c17-13-5-7-15(8-6-13)24(22,23)18-14-9-11-19(12-14)10-3-1-2-4-16(20)21/h5-8,14,18H,1-4,9-12H2,(H,20,21). The number of carbonyl (C=O) groups is 1. The van der Waals surface area contributed by atoms with Crippen LogP contribution >= 0.6 is 15.9 Å². The fourth-order valence-electron chi connectivity index (χ4n) is 2.82. The van der Waals surface area contributed by atoms with E-state index in [1.165, 1.54) is 0 Å². The summed E-state index contributed by atoms with van der Waals surface area (Å²) in [5, 5.41) is 8.60. The van der Waals surface area contributed by atoms with Crippen LogP contribution < -0.4 is 4.72 Å². The molecule has 1 aromatic rings. The maximum absolute atomic E-state index is 12.4. The molecular weight excluding hydrogens is 396 g/mol. The average Bonchev–Trinajstić information content (AvgIpc) is 2.93. The molecule has 134 valence electrons. The lowest BCUT2D eigenvalue weighted by Gasteiger charge is -2.16. The molecule has 2 N–H and O–H groups in total. The Morgan fingerprint density at radius 2 is 1.96 bits per heavy atom. The molecule has 1 aromatic carbocycles. The van der Waals surface area contributed by atoms with E-state index in [1.54, 1.807) is 24.3 Å². The third-order valence-corrected chi connectivity index (χ3v) is 6.15. The second-order valence-electron chi connectivity index (χ2n) is 6.07. The molecule has 2 rings (SSSR count). The third-order valence-electron chi connectivity index (χ3n) is 4.08. The summed E-state index contributed by atoms with van der Waals surface area (Å²) in [5.41, 5.74) is 0. The first-order chi connectivity index (χ1) is 11.4. The van der Waals surface area contributed by atoms with Crippen LogP contribution in [0.1, 0.15) is 32.1 Å². The van der Waals surface area contributed by atoms with Crippen LogP contribution in [-0.4, -0.2) is 50.1 Å². The third kappa shape index (κ3) is 6.16. The average molecular weight is 419 g/mol. The highest BCUT2D eigenvalue weighted by Gasteiger charge is 2.26. The maximum Gasteiger partial charge on any atom is 0.303 e. The van der Waals surface area contributed by atoms with Gasteiger partial charge in [-0.3, -0.25) is 4.79 Å². The van der Waals surface area contributed by atoms with E-state index in [-0.39, 0.29) is 17.4 Å². The summed E-state index contributed by atoms with van der Waals surface area (Å²) in [6, 6.07) is 6.53. The zero-order valence-corrected chi connectivity index (χ0v) is 15.9. The summed E-state index contributed by atoms with van der Waals surface area (Å²) in [7, 11) is -3.49. The summed E-state index contributed by atoms with van der Waals surface area (Å²) in [6.45, 7) is 2.46.